The van der Waals surface area contributed by atoms with Crippen LogP contribution in [-0.2, 0) is 27.9 Å². The van der Waals surface area contributed by atoms with Gasteiger partial charge in [-0.15, -0.1) is 0 Å². The van der Waals surface area contributed by atoms with Gasteiger partial charge in [0.25, 0.3) is 0 Å². The van der Waals surface area contributed by atoms with Gasteiger partial charge >= 0.3 is 0 Å². The van der Waals surface area contributed by atoms with E-state index >= 15 is 0 Å². The minimum absolute atomic E-state index is 0.0335. The fraction of sp³-hybridized carbons (Fsp3) is 0.600. The molecule has 0 amide bonds. The van der Waals surface area contributed by atoms with E-state index in [1.165, 1.54) is 0 Å². The zero-order chi connectivity index (χ0) is 11.9. The van der Waals surface area contributed by atoms with Crippen molar-refractivity contribution in [3.63, 3.8) is 0 Å². The molecule has 0 radical (unpaired) electrons. The van der Waals surface area contributed by atoms with Crippen LogP contribution in [0.4, 0.5) is 0 Å². The van der Waals surface area contributed by atoms with Crippen molar-refractivity contribution in [1.29, 1.82) is 0 Å². The number of hydrogen-bond acceptors (Lipinski definition) is 4. The predicted octanol–water partition coefficient (Wildman–Crippen LogP) is 0.780. The molecule has 2 heterocycles. The Morgan fingerprint density at radius 1 is 1.44 bits per heavy atom. The Labute approximate surface area is 94.4 Å². The van der Waals surface area contributed by atoms with Crippen molar-refractivity contribution >= 4 is 16.1 Å². The number of nitrogens with zero attached hydrogens (tertiary/aromatic N) is 2. The lowest BCUT2D eigenvalue weighted by Gasteiger charge is -2.07. The highest BCUT2D eigenvalue weighted by Crippen LogP contribution is 2.26. The van der Waals surface area contributed by atoms with Gasteiger partial charge in [0.15, 0.2) is 16.1 Å². The molecule has 0 aliphatic carbocycles. The van der Waals surface area contributed by atoms with E-state index in [1.807, 2.05) is 13.8 Å². The molecule has 0 saturated carbocycles. The van der Waals surface area contributed by atoms with Crippen LogP contribution < -0.4 is 0 Å². The molecule has 0 spiro atoms. The summed E-state index contributed by atoms with van der Waals surface area (Å²) in [6.07, 6.45) is 0.703. The van der Waals surface area contributed by atoms with Gasteiger partial charge in [-0.3, -0.25) is 9.48 Å². The van der Waals surface area contributed by atoms with Crippen molar-refractivity contribution in [3.8, 4) is 0 Å². The van der Waals surface area contributed by atoms with Crippen LogP contribution in [0.1, 0.15) is 35.6 Å². The first-order valence-corrected chi connectivity index (χ1v) is 6.99. The number of carbonyl (C=O) groups excluding carboxylic acids is 1. The van der Waals surface area contributed by atoms with Gasteiger partial charge < -0.3 is 0 Å². The second kappa shape index (κ2) is 3.69. The van der Waals surface area contributed by atoms with Gasteiger partial charge in [-0.1, -0.05) is 13.8 Å². The van der Waals surface area contributed by atoms with Crippen LogP contribution in [0.2, 0.25) is 0 Å². The number of fused-ring (bicyclic) bond motifs is 1. The zero-order valence-electron chi connectivity index (χ0n) is 9.30. The van der Waals surface area contributed by atoms with Gasteiger partial charge in [-0.2, -0.15) is 5.10 Å². The summed E-state index contributed by atoms with van der Waals surface area (Å²) in [6, 6.07) is 0. The second-order valence-electron chi connectivity index (χ2n) is 4.54. The van der Waals surface area contributed by atoms with Crippen LogP contribution in [0.5, 0.6) is 0 Å². The van der Waals surface area contributed by atoms with Crippen LogP contribution in [0.3, 0.4) is 0 Å². The van der Waals surface area contributed by atoms with Crippen molar-refractivity contribution in [1.82, 2.24) is 9.78 Å². The third-order valence-electron chi connectivity index (χ3n) is 2.55. The van der Waals surface area contributed by atoms with Crippen LogP contribution in [0, 0.1) is 5.92 Å². The van der Waals surface area contributed by atoms with Crippen molar-refractivity contribution in [2.24, 2.45) is 5.92 Å². The molecule has 0 N–H and O–H groups in total. The average Bonchev–Trinajstić information content (AvgIpc) is 2.54. The highest BCUT2D eigenvalue weighted by molar-refractivity contribution is 7.90. The molecule has 5 nitrogen and oxygen atoms in total. The Morgan fingerprint density at radius 2 is 2.12 bits per heavy atom. The molecule has 0 bridgehead atoms. The van der Waals surface area contributed by atoms with Gasteiger partial charge in [-0.05, 0) is 5.92 Å². The smallest absolute Gasteiger partial charge is 0.168 e. The summed E-state index contributed by atoms with van der Waals surface area (Å²) in [5.74, 6) is 0.290. The van der Waals surface area contributed by atoms with E-state index in [9.17, 15) is 13.2 Å². The molecule has 16 heavy (non-hydrogen) atoms. The van der Waals surface area contributed by atoms with Gasteiger partial charge in [-0.25, -0.2) is 8.42 Å². The maximum absolute atomic E-state index is 11.4. The molecule has 0 atom stereocenters. The Hall–Kier alpha value is -1.17. The van der Waals surface area contributed by atoms with Gasteiger partial charge in [0, 0.05) is 12.1 Å². The predicted molar refractivity (Wildman–Crippen MR) is 58.8 cm³/mol. The standard InChI is InChI=1S/C10H14N2O3S/c1-7(2)3-12-10(4-13)8-5-16(14,15)6-9(8)11-12/h4,7H,3,5-6H2,1-2H3. The third-order valence-corrected chi connectivity index (χ3v) is 3.99. The molecule has 1 aromatic heterocycles. The van der Waals surface area contributed by atoms with Crippen LogP contribution >= 0.6 is 0 Å². The van der Waals surface area contributed by atoms with E-state index in [2.05, 4.69) is 5.10 Å². The lowest BCUT2D eigenvalue weighted by Crippen LogP contribution is -2.12. The van der Waals surface area contributed by atoms with E-state index in [4.69, 9.17) is 0 Å². The van der Waals surface area contributed by atoms with E-state index in [0.29, 0.717) is 35.7 Å². The summed E-state index contributed by atoms with van der Waals surface area (Å²) in [6.45, 7) is 4.69. The van der Waals surface area contributed by atoms with Crippen LogP contribution in [0.15, 0.2) is 0 Å². The molecular weight excluding hydrogens is 228 g/mol. The first-order chi connectivity index (χ1) is 7.43. The first kappa shape index (κ1) is 11.3. The molecule has 1 aliphatic rings. The Bertz CT molecular complexity index is 529. The molecule has 2 rings (SSSR count). The molecule has 1 aromatic rings. The number of aromatic nitrogens is 2. The molecule has 1 aliphatic heterocycles. The van der Waals surface area contributed by atoms with Gasteiger partial charge in [0.05, 0.1) is 17.2 Å². The third kappa shape index (κ3) is 1.89. The van der Waals surface area contributed by atoms with Gasteiger partial charge in [0.1, 0.15) is 5.69 Å². The molecule has 88 valence electrons. The Morgan fingerprint density at radius 3 is 2.69 bits per heavy atom. The maximum Gasteiger partial charge on any atom is 0.168 e. The highest BCUT2D eigenvalue weighted by atomic mass is 32.2. The summed E-state index contributed by atoms with van der Waals surface area (Å²) in [5.41, 5.74) is 1.56. The fourth-order valence-corrected chi connectivity index (χ4v) is 3.44. The van der Waals surface area contributed by atoms with E-state index in [-0.39, 0.29) is 11.5 Å². The lowest BCUT2D eigenvalue weighted by molar-refractivity contribution is 0.111. The highest BCUT2D eigenvalue weighted by Gasteiger charge is 2.31. The summed E-state index contributed by atoms with van der Waals surface area (Å²) in [5, 5.41) is 4.20. The zero-order valence-corrected chi connectivity index (χ0v) is 10.1. The van der Waals surface area contributed by atoms with Crippen molar-refractivity contribution in [2.75, 3.05) is 0 Å². The Balaban J connectivity index is 2.44. The van der Waals surface area contributed by atoms with Crippen molar-refractivity contribution in [3.05, 3.63) is 17.0 Å². The topological polar surface area (TPSA) is 69.0 Å². The largest absolute Gasteiger partial charge is 0.296 e. The number of aldehydes is 1. The molecule has 0 fully saturated rings. The molecule has 6 heteroatoms. The van der Waals surface area contributed by atoms with Gasteiger partial charge in [0.2, 0.25) is 0 Å². The minimum atomic E-state index is -3.07. The van der Waals surface area contributed by atoms with E-state index in [1.54, 1.807) is 4.68 Å². The van der Waals surface area contributed by atoms with E-state index < -0.39 is 9.84 Å². The quantitative estimate of drug-likeness (QED) is 0.734. The minimum Gasteiger partial charge on any atom is -0.296 e. The second-order valence-corrected chi connectivity index (χ2v) is 6.60. The molecule has 0 saturated heterocycles. The number of carbonyl (C=O) groups is 1. The first-order valence-electron chi connectivity index (χ1n) is 5.17. The van der Waals surface area contributed by atoms with Crippen LogP contribution in [-0.4, -0.2) is 24.5 Å². The van der Waals surface area contributed by atoms with E-state index in [0.717, 1.165) is 0 Å². The fourth-order valence-electron chi connectivity index (χ4n) is 1.93. The number of rotatable bonds is 3. The van der Waals surface area contributed by atoms with Crippen molar-refractivity contribution < 1.29 is 13.2 Å². The Kier molecular flexibility index (Phi) is 2.61. The molecule has 0 unspecified atom stereocenters. The number of hydrogen-bond donors (Lipinski definition) is 0. The summed E-state index contributed by atoms with van der Waals surface area (Å²) in [4.78, 5) is 11.0. The number of sulfone groups is 1. The summed E-state index contributed by atoms with van der Waals surface area (Å²) < 4.78 is 24.4. The SMILES string of the molecule is CC(C)Cn1nc2c(c1C=O)CS(=O)(=O)C2. The lowest BCUT2D eigenvalue weighted by atomic mass is 10.2. The average molecular weight is 242 g/mol. The van der Waals surface area contributed by atoms with Crippen molar-refractivity contribution in [2.45, 2.75) is 31.9 Å². The van der Waals surface area contributed by atoms with Crippen LogP contribution in [0.25, 0.3) is 0 Å². The monoisotopic (exact) mass is 242 g/mol. The summed E-state index contributed by atoms with van der Waals surface area (Å²) >= 11 is 0. The molecule has 0 aromatic carbocycles. The maximum atomic E-state index is 11.4. The molecular formula is C10H14N2O3S. The normalized spacial score (nSPS) is 17.7. The summed E-state index contributed by atoms with van der Waals surface area (Å²) in [7, 11) is -3.07.